The largest absolute Gasteiger partial charge is 0.454 e. The van der Waals surface area contributed by atoms with E-state index in [0.29, 0.717) is 42.4 Å². The molecule has 2 N–H and O–H groups in total. The summed E-state index contributed by atoms with van der Waals surface area (Å²) in [6, 6.07) is 5.18. The first kappa shape index (κ1) is 14.9. The lowest BCUT2D eigenvalue weighted by Gasteiger charge is -2.22. The van der Waals surface area contributed by atoms with Gasteiger partial charge < -0.3 is 24.8 Å². The second kappa shape index (κ2) is 6.81. The Morgan fingerprint density at radius 2 is 2.14 bits per heavy atom. The van der Waals surface area contributed by atoms with Gasteiger partial charge in [-0.15, -0.1) is 0 Å². The number of methoxy groups -OCH3 is 1. The first-order chi connectivity index (χ1) is 10.2. The van der Waals surface area contributed by atoms with E-state index in [1.54, 1.807) is 24.1 Å². The highest BCUT2D eigenvalue weighted by molar-refractivity contribution is 6.00. The van der Waals surface area contributed by atoms with Crippen LogP contribution in [-0.2, 0) is 4.74 Å². The second-order valence-electron chi connectivity index (χ2n) is 4.49. The number of rotatable bonds is 6. The molecular formula is C14H17N3O4. The van der Waals surface area contributed by atoms with Crippen LogP contribution in [0, 0.1) is 11.3 Å². The van der Waals surface area contributed by atoms with Gasteiger partial charge in [0.15, 0.2) is 11.5 Å². The molecule has 1 aromatic rings. The Bertz CT molecular complexity index is 568. The summed E-state index contributed by atoms with van der Waals surface area (Å²) in [6.45, 7) is 1.23. The lowest BCUT2D eigenvalue weighted by Crippen LogP contribution is -2.35. The fraction of sp³-hybridized carbons (Fsp3) is 0.429. The SMILES string of the molecule is COCCN(CCC#N)C(=O)c1cc2c(cc1N)OCO2. The summed E-state index contributed by atoms with van der Waals surface area (Å²) in [5.41, 5.74) is 6.57. The van der Waals surface area contributed by atoms with Crippen molar-refractivity contribution in [2.45, 2.75) is 6.42 Å². The van der Waals surface area contributed by atoms with E-state index in [9.17, 15) is 4.79 Å². The highest BCUT2D eigenvalue weighted by Crippen LogP contribution is 2.36. The molecule has 7 heteroatoms. The molecule has 0 radical (unpaired) electrons. The van der Waals surface area contributed by atoms with Crippen LogP contribution in [0.4, 0.5) is 5.69 Å². The summed E-state index contributed by atoms with van der Waals surface area (Å²) in [4.78, 5) is 14.1. The van der Waals surface area contributed by atoms with Crippen LogP contribution in [0.25, 0.3) is 0 Å². The second-order valence-corrected chi connectivity index (χ2v) is 4.49. The predicted molar refractivity (Wildman–Crippen MR) is 75.0 cm³/mol. The van der Waals surface area contributed by atoms with Gasteiger partial charge in [-0.2, -0.15) is 5.26 Å². The number of nitrogens with zero attached hydrogens (tertiary/aromatic N) is 2. The van der Waals surface area contributed by atoms with E-state index in [-0.39, 0.29) is 19.1 Å². The van der Waals surface area contributed by atoms with Gasteiger partial charge in [0.25, 0.3) is 5.91 Å². The zero-order valence-electron chi connectivity index (χ0n) is 11.8. The smallest absolute Gasteiger partial charge is 0.256 e. The molecule has 0 aliphatic carbocycles. The van der Waals surface area contributed by atoms with Gasteiger partial charge in [0.1, 0.15) is 0 Å². The van der Waals surface area contributed by atoms with E-state index in [4.69, 9.17) is 25.2 Å². The summed E-state index contributed by atoms with van der Waals surface area (Å²) in [5, 5.41) is 8.69. The van der Waals surface area contributed by atoms with Crippen molar-refractivity contribution in [1.82, 2.24) is 4.90 Å². The minimum atomic E-state index is -0.252. The predicted octanol–water partition coefficient (Wildman–Crippen LogP) is 1.000. The molecule has 0 aromatic heterocycles. The van der Waals surface area contributed by atoms with Crippen LogP contribution in [0.15, 0.2) is 12.1 Å². The number of carbonyl (C=O) groups excluding carboxylic acids is 1. The van der Waals surface area contributed by atoms with Crippen LogP contribution in [0.2, 0.25) is 0 Å². The third kappa shape index (κ3) is 3.35. The summed E-state index contributed by atoms with van der Waals surface area (Å²) in [5.74, 6) is 0.780. The normalized spacial score (nSPS) is 12.0. The van der Waals surface area contributed by atoms with Crippen LogP contribution < -0.4 is 15.2 Å². The average molecular weight is 291 g/mol. The van der Waals surface area contributed by atoms with Gasteiger partial charge in [0.05, 0.1) is 24.7 Å². The average Bonchev–Trinajstić information content (AvgIpc) is 2.93. The van der Waals surface area contributed by atoms with E-state index in [2.05, 4.69) is 0 Å². The number of amides is 1. The van der Waals surface area contributed by atoms with Crippen molar-refractivity contribution >= 4 is 11.6 Å². The molecule has 112 valence electrons. The maximum absolute atomic E-state index is 12.6. The van der Waals surface area contributed by atoms with Gasteiger partial charge in [0, 0.05) is 32.0 Å². The topological polar surface area (TPSA) is 97.8 Å². The highest BCUT2D eigenvalue weighted by atomic mass is 16.7. The molecule has 7 nitrogen and oxygen atoms in total. The third-order valence-electron chi connectivity index (χ3n) is 3.12. The van der Waals surface area contributed by atoms with Crippen molar-refractivity contribution in [3.05, 3.63) is 17.7 Å². The molecule has 0 saturated heterocycles. The first-order valence-corrected chi connectivity index (χ1v) is 6.51. The van der Waals surface area contributed by atoms with Crippen molar-refractivity contribution in [3.63, 3.8) is 0 Å². The van der Waals surface area contributed by atoms with Crippen molar-refractivity contribution in [1.29, 1.82) is 5.26 Å². The number of nitrogens with two attached hydrogens (primary N) is 1. The van der Waals surface area contributed by atoms with Crippen LogP contribution in [0.3, 0.4) is 0 Å². The minimum absolute atomic E-state index is 0.119. The number of nitrogen functional groups attached to an aromatic ring is 1. The van der Waals surface area contributed by atoms with Gasteiger partial charge in [0.2, 0.25) is 6.79 Å². The minimum Gasteiger partial charge on any atom is -0.454 e. The number of carbonyl (C=O) groups is 1. The van der Waals surface area contributed by atoms with E-state index in [1.807, 2.05) is 6.07 Å². The number of ether oxygens (including phenoxy) is 3. The maximum atomic E-state index is 12.6. The summed E-state index contributed by atoms with van der Waals surface area (Å²) in [7, 11) is 1.56. The van der Waals surface area contributed by atoms with Crippen LogP contribution >= 0.6 is 0 Å². The quantitative estimate of drug-likeness (QED) is 0.785. The molecule has 1 amide bonds. The number of fused-ring (bicyclic) bond motifs is 1. The van der Waals surface area contributed by atoms with Gasteiger partial charge >= 0.3 is 0 Å². The molecule has 21 heavy (non-hydrogen) atoms. The maximum Gasteiger partial charge on any atom is 0.256 e. The fourth-order valence-electron chi connectivity index (χ4n) is 2.01. The molecule has 0 bridgehead atoms. The van der Waals surface area contributed by atoms with E-state index < -0.39 is 0 Å². The molecule has 0 atom stereocenters. The van der Waals surface area contributed by atoms with Gasteiger partial charge in [-0.25, -0.2) is 0 Å². The lowest BCUT2D eigenvalue weighted by molar-refractivity contribution is 0.0700. The lowest BCUT2D eigenvalue weighted by atomic mass is 10.1. The number of hydrogen-bond donors (Lipinski definition) is 1. The van der Waals surface area contributed by atoms with Crippen molar-refractivity contribution in [3.8, 4) is 17.6 Å². The molecule has 0 fully saturated rings. The van der Waals surface area contributed by atoms with Crippen molar-refractivity contribution in [2.24, 2.45) is 0 Å². The number of nitriles is 1. The fourth-order valence-corrected chi connectivity index (χ4v) is 2.01. The number of benzene rings is 1. The number of hydrogen-bond acceptors (Lipinski definition) is 6. The van der Waals surface area contributed by atoms with E-state index in [0.717, 1.165) is 0 Å². The zero-order chi connectivity index (χ0) is 15.2. The molecule has 1 heterocycles. The van der Waals surface area contributed by atoms with Gasteiger partial charge in [-0.3, -0.25) is 4.79 Å². The summed E-state index contributed by atoms with van der Waals surface area (Å²) >= 11 is 0. The standard InChI is InChI=1S/C14H17N3O4/c1-19-6-5-17(4-2-3-15)14(18)10-7-12-13(8-11(10)16)21-9-20-12/h7-8H,2,4-6,9,16H2,1H3. The van der Waals surface area contributed by atoms with E-state index >= 15 is 0 Å². The molecule has 2 rings (SSSR count). The molecular weight excluding hydrogens is 274 g/mol. The van der Waals surface area contributed by atoms with Crippen LogP contribution in [-0.4, -0.2) is 44.4 Å². The summed E-state index contributed by atoms with van der Waals surface area (Å²) in [6.07, 6.45) is 0.250. The molecule has 1 aromatic carbocycles. The Morgan fingerprint density at radius 1 is 1.43 bits per heavy atom. The first-order valence-electron chi connectivity index (χ1n) is 6.51. The van der Waals surface area contributed by atoms with Crippen LogP contribution in [0.5, 0.6) is 11.5 Å². The molecule has 0 saturated carbocycles. The Morgan fingerprint density at radius 3 is 2.81 bits per heavy atom. The van der Waals surface area contributed by atoms with Gasteiger partial charge in [-0.05, 0) is 6.07 Å². The monoisotopic (exact) mass is 291 g/mol. The molecule has 0 unspecified atom stereocenters. The molecule has 0 spiro atoms. The highest BCUT2D eigenvalue weighted by Gasteiger charge is 2.23. The van der Waals surface area contributed by atoms with Crippen molar-refractivity contribution < 1.29 is 19.0 Å². The molecule has 1 aliphatic rings. The third-order valence-corrected chi connectivity index (χ3v) is 3.12. The Balaban J connectivity index is 2.21. The Labute approximate surface area is 122 Å². The van der Waals surface area contributed by atoms with E-state index in [1.165, 1.54) is 0 Å². The van der Waals surface area contributed by atoms with Crippen molar-refractivity contribution in [2.75, 3.05) is 39.3 Å². The Hall–Kier alpha value is -2.46. The van der Waals surface area contributed by atoms with Gasteiger partial charge in [-0.1, -0.05) is 0 Å². The van der Waals surface area contributed by atoms with Crippen LogP contribution in [0.1, 0.15) is 16.8 Å². The Kier molecular flexibility index (Phi) is 4.85. The number of anilines is 1. The molecule has 1 aliphatic heterocycles. The summed E-state index contributed by atoms with van der Waals surface area (Å²) < 4.78 is 15.5. The zero-order valence-corrected chi connectivity index (χ0v) is 11.8.